The van der Waals surface area contributed by atoms with Crippen LogP contribution >= 0.6 is 0 Å². The number of fused-ring (bicyclic) bond motifs is 1. The van der Waals surface area contributed by atoms with E-state index < -0.39 is 41.8 Å². The van der Waals surface area contributed by atoms with Gasteiger partial charge in [0, 0.05) is 5.39 Å². The highest BCUT2D eigenvalue weighted by molar-refractivity contribution is 5.91. The maximum atomic E-state index is 11.5. The summed E-state index contributed by atoms with van der Waals surface area (Å²) in [5.74, 6) is -2.08. The van der Waals surface area contributed by atoms with Crippen molar-refractivity contribution in [3.05, 3.63) is 45.8 Å². The van der Waals surface area contributed by atoms with Crippen molar-refractivity contribution in [2.45, 2.75) is 25.6 Å². The summed E-state index contributed by atoms with van der Waals surface area (Å²) in [6.45, 7) is 1.78. The Bertz CT molecular complexity index is 822. The summed E-state index contributed by atoms with van der Waals surface area (Å²) < 4.78 is 9.59. The molecule has 2 atom stereocenters. The van der Waals surface area contributed by atoms with Crippen LogP contribution in [0.25, 0.3) is 11.0 Å². The fourth-order valence-corrected chi connectivity index (χ4v) is 2.20. The van der Waals surface area contributed by atoms with Crippen LogP contribution in [0.5, 0.6) is 0 Å². The molecule has 8 nitrogen and oxygen atoms in total. The first-order chi connectivity index (χ1) is 11.3. The maximum Gasteiger partial charge on any atom is 0.351 e. The largest absolute Gasteiger partial charge is 0.477 e. The summed E-state index contributed by atoms with van der Waals surface area (Å²) in [7, 11) is 0. The number of hydrogen-bond donors (Lipinski definition) is 3. The smallest absolute Gasteiger partial charge is 0.351 e. The van der Waals surface area contributed by atoms with Crippen LogP contribution in [0.2, 0.25) is 0 Å². The van der Waals surface area contributed by atoms with E-state index in [1.165, 1.54) is 18.2 Å². The fraction of sp³-hybridized carbons (Fsp3) is 0.312. The number of ether oxygens (including phenoxy) is 1. The molecule has 0 saturated carbocycles. The van der Waals surface area contributed by atoms with Crippen LogP contribution in [-0.2, 0) is 9.53 Å². The molecule has 0 amide bonds. The lowest BCUT2D eigenvalue weighted by Crippen LogP contribution is -2.23. The molecule has 0 spiro atoms. The predicted octanol–water partition coefficient (Wildman–Crippen LogP) is 0.839. The number of hydrogen-bond acceptors (Lipinski definition) is 7. The molecular formula is C16H16O8. The van der Waals surface area contributed by atoms with Gasteiger partial charge in [0.2, 0.25) is 0 Å². The van der Waals surface area contributed by atoms with Crippen LogP contribution in [0.3, 0.4) is 0 Å². The highest BCUT2D eigenvalue weighted by Gasteiger charge is 2.23. The quantitative estimate of drug-likeness (QED) is 0.522. The van der Waals surface area contributed by atoms with Crippen LogP contribution < -0.4 is 5.63 Å². The molecule has 2 rings (SSSR count). The third-order valence-electron chi connectivity index (χ3n) is 3.37. The minimum Gasteiger partial charge on any atom is -0.477 e. The van der Waals surface area contributed by atoms with Gasteiger partial charge in [-0.15, -0.1) is 0 Å². The second-order valence-corrected chi connectivity index (χ2v) is 5.07. The number of aliphatic hydroxyl groups is 2. The van der Waals surface area contributed by atoms with Crippen LogP contribution in [-0.4, -0.2) is 40.0 Å². The molecule has 0 fully saturated rings. The topological polar surface area (TPSA) is 134 Å². The summed E-state index contributed by atoms with van der Waals surface area (Å²) in [4.78, 5) is 33.8. The summed E-state index contributed by atoms with van der Waals surface area (Å²) >= 11 is 0. The van der Waals surface area contributed by atoms with E-state index in [4.69, 9.17) is 14.3 Å². The average Bonchev–Trinajstić information content (AvgIpc) is 2.52. The van der Waals surface area contributed by atoms with Gasteiger partial charge >= 0.3 is 17.6 Å². The average molecular weight is 336 g/mol. The van der Waals surface area contributed by atoms with Gasteiger partial charge in [-0.2, -0.15) is 0 Å². The molecular weight excluding hydrogens is 320 g/mol. The molecule has 2 unspecified atom stereocenters. The Hall–Kier alpha value is -2.71. The molecule has 1 heterocycles. The number of carboxylic acids is 1. The van der Waals surface area contributed by atoms with Crippen molar-refractivity contribution in [1.82, 2.24) is 0 Å². The van der Waals surface area contributed by atoms with Crippen molar-refractivity contribution in [2.24, 2.45) is 0 Å². The van der Waals surface area contributed by atoms with Gasteiger partial charge in [0.25, 0.3) is 0 Å². The number of aromatic carboxylic acids is 1. The lowest BCUT2D eigenvalue weighted by atomic mass is 10.00. The van der Waals surface area contributed by atoms with E-state index >= 15 is 0 Å². The third-order valence-corrected chi connectivity index (χ3v) is 3.37. The minimum atomic E-state index is -1.43. The summed E-state index contributed by atoms with van der Waals surface area (Å²) in [6, 6.07) is 5.28. The summed E-state index contributed by atoms with van der Waals surface area (Å²) in [5, 5.41) is 29.3. The zero-order valence-electron chi connectivity index (χ0n) is 12.8. The highest BCUT2D eigenvalue weighted by Crippen LogP contribution is 2.24. The molecule has 0 bridgehead atoms. The van der Waals surface area contributed by atoms with Crippen molar-refractivity contribution in [3.8, 4) is 0 Å². The second kappa shape index (κ2) is 7.24. The number of carbonyl (C=O) groups is 2. The fourth-order valence-electron chi connectivity index (χ4n) is 2.20. The van der Waals surface area contributed by atoms with Gasteiger partial charge in [0.15, 0.2) is 0 Å². The van der Waals surface area contributed by atoms with Gasteiger partial charge in [0.1, 0.15) is 17.3 Å². The number of rotatable bonds is 6. The molecule has 0 aliphatic rings. The molecule has 0 radical (unpaired) electrons. The summed E-state index contributed by atoms with van der Waals surface area (Å²) in [5.41, 5.74) is -1.14. The molecule has 0 aliphatic heterocycles. The Balaban J connectivity index is 2.32. The SMILES string of the molecule is CCOC(=O)CC(O)C(O)c1ccc2oc(=O)c(C(=O)O)cc2c1. The normalized spacial score (nSPS) is 13.5. The molecule has 3 N–H and O–H groups in total. The first-order valence-electron chi connectivity index (χ1n) is 7.16. The number of carboxylic acid groups (broad SMARTS) is 1. The minimum absolute atomic E-state index is 0.140. The lowest BCUT2D eigenvalue weighted by Gasteiger charge is -2.17. The van der Waals surface area contributed by atoms with Gasteiger partial charge in [-0.05, 0) is 30.7 Å². The first kappa shape index (κ1) is 17.6. The molecule has 0 saturated heterocycles. The molecule has 128 valence electrons. The van der Waals surface area contributed by atoms with E-state index in [9.17, 15) is 24.6 Å². The van der Waals surface area contributed by atoms with Gasteiger partial charge in [0.05, 0.1) is 19.1 Å². The van der Waals surface area contributed by atoms with Crippen LogP contribution in [0.4, 0.5) is 0 Å². The van der Waals surface area contributed by atoms with E-state index in [1.54, 1.807) is 6.92 Å². The molecule has 1 aromatic carbocycles. The van der Waals surface area contributed by atoms with E-state index in [1.807, 2.05) is 0 Å². The second-order valence-electron chi connectivity index (χ2n) is 5.07. The molecule has 0 aliphatic carbocycles. The Labute approximate surface area is 135 Å². The Morgan fingerprint density at radius 1 is 1.25 bits per heavy atom. The number of benzene rings is 1. The van der Waals surface area contributed by atoms with E-state index in [-0.39, 0.29) is 23.1 Å². The maximum absolute atomic E-state index is 11.5. The van der Waals surface area contributed by atoms with E-state index in [2.05, 4.69) is 0 Å². The van der Waals surface area contributed by atoms with Crippen LogP contribution in [0.15, 0.2) is 33.5 Å². The van der Waals surface area contributed by atoms with E-state index in [0.29, 0.717) is 0 Å². The van der Waals surface area contributed by atoms with Gasteiger partial charge in [-0.1, -0.05) is 6.07 Å². The first-order valence-corrected chi connectivity index (χ1v) is 7.16. The van der Waals surface area contributed by atoms with Crippen molar-refractivity contribution < 1.29 is 34.1 Å². The van der Waals surface area contributed by atoms with Crippen molar-refractivity contribution in [2.75, 3.05) is 6.61 Å². The van der Waals surface area contributed by atoms with E-state index in [0.717, 1.165) is 6.07 Å². The number of esters is 1. The number of carbonyl (C=O) groups excluding carboxylic acids is 1. The Morgan fingerprint density at radius 3 is 2.58 bits per heavy atom. The van der Waals surface area contributed by atoms with Crippen molar-refractivity contribution in [3.63, 3.8) is 0 Å². The Morgan fingerprint density at radius 2 is 1.96 bits per heavy atom. The van der Waals surface area contributed by atoms with Gasteiger partial charge < -0.3 is 24.5 Å². The molecule has 24 heavy (non-hydrogen) atoms. The third kappa shape index (κ3) is 3.79. The Kier molecular flexibility index (Phi) is 5.32. The van der Waals surface area contributed by atoms with Gasteiger partial charge in [-0.3, -0.25) is 4.79 Å². The highest BCUT2D eigenvalue weighted by atomic mass is 16.5. The molecule has 8 heteroatoms. The summed E-state index contributed by atoms with van der Waals surface area (Å²) in [6.07, 6.45) is -3.17. The zero-order chi connectivity index (χ0) is 17.9. The number of aliphatic hydroxyl groups excluding tert-OH is 2. The molecule has 2 aromatic rings. The molecule has 1 aromatic heterocycles. The van der Waals surface area contributed by atoms with Crippen molar-refractivity contribution >= 4 is 22.9 Å². The van der Waals surface area contributed by atoms with Gasteiger partial charge in [-0.25, -0.2) is 9.59 Å². The predicted molar refractivity (Wildman–Crippen MR) is 81.7 cm³/mol. The standard InChI is InChI=1S/C16H16O8/c1-2-23-13(18)7-11(17)14(19)8-3-4-12-9(5-8)6-10(15(20)21)16(22)24-12/h3-6,11,14,17,19H,2,7H2,1H3,(H,20,21). The van der Waals surface area contributed by atoms with Crippen molar-refractivity contribution in [1.29, 1.82) is 0 Å². The van der Waals surface area contributed by atoms with Crippen LogP contribution in [0, 0.1) is 0 Å². The lowest BCUT2D eigenvalue weighted by molar-refractivity contribution is -0.147. The monoisotopic (exact) mass is 336 g/mol. The zero-order valence-corrected chi connectivity index (χ0v) is 12.8. The van der Waals surface area contributed by atoms with Crippen LogP contribution in [0.1, 0.15) is 35.4 Å².